The van der Waals surface area contributed by atoms with E-state index in [1.54, 1.807) is 0 Å². The molecule has 0 spiro atoms. The predicted molar refractivity (Wildman–Crippen MR) is 106 cm³/mol. The van der Waals surface area contributed by atoms with Crippen molar-refractivity contribution >= 4 is 11.9 Å². The molecule has 0 saturated heterocycles. The maximum Gasteiger partial charge on any atom is 0.225 e. The van der Waals surface area contributed by atoms with Gasteiger partial charge in [-0.25, -0.2) is 4.98 Å². The summed E-state index contributed by atoms with van der Waals surface area (Å²) in [4.78, 5) is 16.8. The van der Waals surface area contributed by atoms with E-state index >= 15 is 0 Å². The molecular formula is C19H33N7. The molecule has 4 N–H and O–H groups in total. The summed E-state index contributed by atoms with van der Waals surface area (Å²) < 4.78 is 2.10. The molecule has 0 aliphatic carbocycles. The van der Waals surface area contributed by atoms with Crippen molar-refractivity contribution in [3.63, 3.8) is 0 Å². The molecule has 26 heavy (non-hydrogen) atoms. The fourth-order valence-corrected chi connectivity index (χ4v) is 3.22. The minimum atomic E-state index is -0.0707. The summed E-state index contributed by atoms with van der Waals surface area (Å²) in [5, 5.41) is 0. The molecule has 7 nitrogen and oxygen atoms in total. The van der Waals surface area contributed by atoms with Crippen molar-refractivity contribution < 1.29 is 0 Å². The van der Waals surface area contributed by atoms with Gasteiger partial charge in [0.05, 0.1) is 6.04 Å². The Hall–Kier alpha value is -2.18. The van der Waals surface area contributed by atoms with Crippen molar-refractivity contribution in [1.29, 1.82) is 0 Å². The first kappa shape index (κ1) is 20.1. The Bertz CT molecular complexity index is 633. The molecule has 144 valence electrons. The van der Waals surface area contributed by atoms with E-state index in [-0.39, 0.29) is 17.9 Å². The van der Waals surface area contributed by atoms with E-state index in [0.717, 1.165) is 18.7 Å². The Morgan fingerprint density at radius 3 is 2.08 bits per heavy atom. The van der Waals surface area contributed by atoms with Crippen molar-refractivity contribution in [1.82, 2.24) is 24.5 Å². The minimum Gasteiger partial charge on any atom is -0.368 e. The van der Waals surface area contributed by atoms with Crippen LogP contribution in [0.3, 0.4) is 0 Å². The zero-order chi connectivity index (χ0) is 18.8. The van der Waals surface area contributed by atoms with Crippen LogP contribution in [-0.2, 0) is 6.42 Å². The van der Waals surface area contributed by atoms with E-state index < -0.39 is 0 Å². The van der Waals surface area contributed by atoms with Gasteiger partial charge in [-0.1, -0.05) is 58.3 Å². The number of aryl methyl sites for hydroxylation is 1. The van der Waals surface area contributed by atoms with Crippen LogP contribution < -0.4 is 11.5 Å². The standard InChI is InChI=1S/C19H33N7/c1-3-4-5-6-7-8-9-10-11-12-16-22-13-14-26(16)15(2)17-23-18(20)25-19(21)24-17/h13-15H,3-12H2,1-2H3,(H4,20,21,23,24,25). The highest BCUT2D eigenvalue weighted by Crippen LogP contribution is 2.19. The smallest absolute Gasteiger partial charge is 0.225 e. The summed E-state index contributed by atoms with van der Waals surface area (Å²) in [7, 11) is 0. The first-order valence-corrected chi connectivity index (χ1v) is 9.90. The first-order chi connectivity index (χ1) is 12.6. The van der Waals surface area contributed by atoms with Gasteiger partial charge in [-0.3, -0.25) is 0 Å². The van der Waals surface area contributed by atoms with Crippen LogP contribution in [0.5, 0.6) is 0 Å². The first-order valence-electron chi connectivity index (χ1n) is 9.90. The predicted octanol–water partition coefficient (Wildman–Crippen LogP) is 3.92. The topological polar surface area (TPSA) is 109 Å². The third-order valence-electron chi connectivity index (χ3n) is 4.73. The highest BCUT2D eigenvalue weighted by atomic mass is 15.2. The van der Waals surface area contributed by atoms with Crippen molar-refractivity contribution in [2.45, 2.75) is 84.1 Å². The van der Waals surface area contributed by atoms with Gasteiger partial charge in [-0.15, -0.1) is 0 Å². The van der Waals surface area contributed by atoms with Crippen LogP contribution in [0.1, 0.15) is 89.3 Å². The third-order valence-corrected chi connectivity index (χ3v) is 4.73. The Labute approximate surface area is 156 Å². The molecule has 0 radical (unpaired) electrons. The summed E-state index contributed by atoms with van der Waals surface area (Å²) in [5.41, 5.74) is 11.4. The number of hydrogen-bond acceptors (Lipinski definition) is 6. The molecule has 0 aliphatic heterocycles. The Balaban J connectivity index is 1.77. The molecule has 2 aromatic rings. The van der Waals surface area contributed by atoms with Crippen LogP contribution in [0.4, 0.5) is 11.9 Å². The molecule has 0 aromatic carbocycles. The van der Waals surface area contributed by atoms with Gasteiger partial charge in [0.1, 0.15) is 5.82 Å². The number of anilines is 2. The lowest BCUT2D eigenvalue weighted by atomic mass is 10.1. The number of unbranched alkanes of at least 4 members (excludes halogenated alkanes) is 8. The van der Waals surface area contributed by atoms with Crippen LogP contribution in [0.25, 0.3) is 0 Å². The largest absolute Gasteiger partial charge is 0.368 e. The quantitative estimate of drug-likeness (QED) is 0.556. The number of nitrogens with zero attached hydrogens (tertiary/aromatic N) is 5. The number of rotatable bonds is 12. The zero-order valence-corrected chi connectivity index (χ0v) is 16.2. The SMILES string of the molecule is CCCCCCCCCCCc1nccn1C(C)c1nc(N)nc(N)n1. The number of nitrogen functional groups attached to an aromatic ring is 2. The van der Waals surface area contributed by atoms with Crippen LogP contribution in [0, 0.1) is 0 Å². The lowest BCUT2D eigenvalue weighted by Gasteiger charge is -2.15. The van der Waals surface area contributed by atoms with E-state index in [1.807, 2.05) is 19.3 Å². The molecule has 2 heterocycles. The second-order valence-electron chi connectivity index (χ2n) is 6.92. The average molecular weight is 360 g/mol. The fraction of sp³-hybridized carbons (Fsp3) is 0.684. The number of nitrogens with two attached hydrogens (primary N) is 2. The van der Waals surface area contributed by atoms with E-state index in [1.165, 1.54) is 51.4 Å². The summed E-state index contributed by atoms with van der Waals surface area (Å²) in [6.07, 6.45) is 16.6. The van der Waals surface area contributed by atoms with Crippen molar-refractivity contribution in [2.24, 2.45) is 0 Å². The number of aromatic nitrogens is 5. The molecule has 1 unspecified atom stereocenters. The van der Waals surface area contributed by atoms with Crippen molar-refractivity contribution in [3.8, 4) is 0 Å². The summed E-state index contributed by atoms with van der Waals surface area (Å²) in [6.45, 7) is 4.28. The molecule has 0 aliphatic rings. The average Bonchev–Trinajstić information content (AvgIpc) is 3.07. The van der Waals surface area contributed by atoms with Crippen molar-refractivity contribution in [3.05, 3.63) is 24.0 Å². The molecule has 0 saturated carbocycles. The zero-order valence-electron chi connectivity index (χ0n) is 16.2. The lowest BCUT2D eigenvalue weighted by Crippen LogP contribution is -2.16. The lowest BCUT2D eigenvalue weighted by molar-refractivity contribution is 0.538. The second-order valence-corrected chi connectivity index (χ2v) is 6.92. The number of imidazole rings is 1. The van der Waals surface area contributed by atoms with Crippen molar-refractivity contribution in [2.75, 3.05) is 11.5 Å². The van der Waals surface area contributed by atoms with Gasteiger partial charge in [0.2, 0.25) is 11.9 Å². The molecule has 0 fully saturated rings. The number of hydrogen-bond donors (Lipinski definition) is 2. The Morgan fingerprint density at radius 2 is 1.46 bits per heavy atom. The van der Waals surface area contributed by atoms with Gasteiger partial charge in [0, 0.05) is 18.8 Å². The molecule has 0 bridgehead atoms. The van der Waals surface area contributed by atoms with E-state index in [4.69, 9.17) is 11.5 Å². The highest BCUT2D eigenvalue weighted by molar-refractivity contribution is 5.27. The monoisotopic (exact) mass is 359 g/mol. The Morgan fingerprint density at radius 1 is 0.885 bits per heavy atom. The van der Waals surface area contributed by atoms with E-state index in [0.29, 0.717) is 5.82 Å². The van der Waals surface area contributed by atoms with E-state index in [9.17, 15) is 0 Å². The summed E-state index contributed by atoms with van der Waals surface area (Å²) in [5.74, 6) is 1.93. The highest BCUT2D eigenvalue weighted by Gasteiger charge is 2.16. The van der Waals surface area contributed by atoms with Gasteiger partial charge in [0.25, 0.3) is 0 Å². The van der Waals surface area contributed by atoms with Gasteiger partial charge in [-0.2, -0.15) is 15.0 Å². The molecule has 2 rings (SSSR count). The van der Waals surface area contributed by atoms with Gasteiger partial charge >= 0.3 is 0 Å². The van der Waals surface area contributed by atoms with Crippen LogP contribution in [0.15, 0.2) is 12.4 Å². The summed E-state index contributed by atoms with van der Waals surface area (Å²) in [6, 6.07) is -0.0707. The molecule has 0 amide bonds. The van der Waals surface area contributed by atoms with Crippen LogP contribution in [0.2, 0.25) is 0 Å². The van der Waals surface area contributed by atoms with Crippen LogP contribution in [-0.4, -0.2) is 24.5 Å². The molecule has 1 atom stereocenters. The molecule has 2 aromatic heterocycles. The van der Waals surface area contributed by atoms with Crippen LogP contribution >= 0.6 is 0 Å². The second kappa shape index (κ2) is 10.7. The maximum atomic E-state index is 5.69. The normalized spacial score (nSPS) is 12.4. The Kier molecular flexibility index (Phi) is 8.31. The fourth-order valence-electron chi connectivity index (χ4n) is 3.22. The molecule has 7 heteroatoms. The summed E-state index contributed by atoms with van der Waals surface area (Å²) >= 11 is 0. The van der Waals surface area contributed by atoms with Gasteiger partial charge in [0.15, 0.2) is 5.82 Å². The third kappa shape index (κ3) is 6.28. The van der Waals surface area contributed by atoms with E-state index in [2.05, 4.69) is 31.4 Å². The maximum absolute atomic E-state index is 5.69. The van der Waals surface area contributed by atoms with Gasteiger partial charge in [-0.05, 0) is 13.3 Å². The van der Waals surface area contributed by atoms with Gasteiger partial charge < -0.3 is 16.0 Å². The minimum absolute atomic E-state index is 0.0707. The molecular weight excluding hydrogens is 326 g/mol.